The molecule has 0 spiro atoms. The van der Waals surface area contributed by atoms with Gasteiger partial charge in [0.05, 0.1) is 16.8 Å². The quantitative estimate of drug-likeness (QED) is 0.589. The van der Waals surface area contributed by atoms with Crippen molar-refractivity contribution in [1.82, 2.24) is 4.98 Å². The second-order valence-corrected chi connectivity index (χ2v) is 8.86. The fourth-order valence-electron chi connectivity index (χ4n) is 2.83. The molecule has 2 N–H and O–H groups in total. The van der Waals surface area contributed by atoms with E-state index in [0.717, 1.165) is 11.3 Å². The van der Waals surface area contributed by atoms with E-state index in [4.69, 9.17) is 0 Å². The first-order valence-corrected chi connectivity index (χ1v) is 10.7. The highest BCUT2D eigenvalue weighted by molar-refractivity contribution is 7.92. The molecule has 1 aromatic heterocycles. The Bertz CT molecular complexity index is 1060. The van der Waals surface area contributed by atoms with Crippen LogP contribution < -0.4 is 10.0 Å². The molecular formula is C22H25N3O2S. The molecule has 146 valence electrons. The van der Waals surface area contributed by atoms with Gasteiger partial charge in [0, 0.05) is 5.69 Å². The number of rotatable bonds is 6. The number of pyridine rings is 1. The van der Waals surface area contributed by atoms with Crippen molar-refractivity contribution >= 4 is 27.2 Å². The third-order valence-electron chi connectivity index (χ3n) is 4.50. The zero-order valence-electron chi connectivity index (χ0n) is 16.5. The minimum absolute atomic E-state index is 0.278. The Hall–Kier alpha value is -2.86. The van der Waals surface area contributed by atoms with Gasteiger partial charge in [-0.05, 0) is 66.8 Å². The lowest BCUT2D eigenvalue weighted by atomic mass is 10.0. The molecule has 0 radical (unpaired) electrons. The van der Waals surface area contributed by atoms with Crippen LogP contribution >= 0.6 is 0 Å². The fraction of sp³-hybridized carbons (Fsp3) is 0.227. The molecule has 0 saturated heterocycles. The number of aromatic nitrogens is 1. The topological polar surface area (TPSA) is 71.1 Å². The van der Waals surface area contributed by atoms with Crippen molar-refractivity contribution in [2.24, 2.45) is 0 Å². The number of nitrogens with one attached hydrogen (secondary N) is 2. The fourth-order valence-corrected chi connectivity index (χ4v) is 4.21. The van der Waals surface area contributed by atoms with Crippen molar-refractivity contribution < 1.29 is 8.42 Å². The molecule has 2 aromatic carbocycles. The third-order valence-corrected chi connectivity index (χ3v) is 6.02. The Morgan fingerprint density at radius 3 is 2.18 bits per heavy atom. The second-order valence-electron chi connectivity index (χ2n) is 7.21. The molecule has 0 aliphatic heterocycles. The Balaban J connectivity index is 1.73. The maximum absolute atomic E-state index is 12.7. The van der Waals surface area contributed by atoms with Gasteiger partial charge in [0.1, 0.15) is 5.82 Å². The van der Waals surface area contributed by atoms with Crippen LogP contribution in [0.4, 0.5) is 17.2 Å². The summed E-state index contributed by atoms with van der Waals surface area (Å²) in [5, 5.41) is 3.22. The van der Waals surface area contributed by atoms with Gasteiger partial charge in [-0.2, -0.15) is 0 Å². The van der Waals surface area contributed by atoms with E-state index < -0.39 is 10.0 Å². The first kappa shape index (κ1) is 19.9. The van der Waals surface area contributed by atoms with E-state index in [-0.39, 0.29) is 4.90 Å². The molecular weight excluding hydrogens is 370 g/mol. The molecule has 0 aliphatic carbocycles. The summed E-state index contributed by atoms with van der Waals surface area (Å²) in [5.74, 6) is 1.13. The van der Waals surface area contributed by atoms with Crippen molar-refractivity contribution in [3.8, 4) is 0 Å². The lowest BCUT2D eigenvalue weighted by molar-refractivity contribution is 0.600. The SMILES string of the molecule is Cc1ccc(C)c(S(=O)(=O)Nc2ccc(Nc3ccc(C(C)C)cc3)nc2)c1. The number of hydrogen-bond acceptors (Lipinski definition) is 4. The van der Waals surface area contributed by atoms with Crippen LogP contribution in [0.2, 0.25) is 0 Å². The van der Waals surface area contributed by atoms with Crippen LogP contribution in [0, 0.1) is 13.8 Å². The van der Waals surface area contributed by atoms with Crippen LogP contribution in [-0.2, 0) is 10.0 Å². The number of benzene rings is 2. The number of sulfonamides is 1. The van der Waals surface area contributed by atoms with E-state index in [1.807, 2.05) is 25.1 Å². The van der Waals surface area contributed by atoms with E-state index >= 15 is 0 Å². The Morgan fingerprint density at radius 1 is 0.893 bits per heavy atom. The molecule has 3 aromatic rings. The number of anilines is 3. The number of nitrogens with zero attached hydrogens (tertiary/aromatic N) is 1. The van der Waals surface area contributed by atoms with E-state index in [9.17, 15) is 8.42 Å². The van der Waals surface area contributed by atoms with E-state index in [1.165, 1.54) is 11.8 Å². The maximum atomic E-state index is 12.7. The van der Waals surface area contributed by atoms with Gasteiger partial charge < -0.3 is 5.32 Å². The summed E-state index contributed by atoms with van der Waals surface area (Å²) in [6.07, 6.45) is 1.51. The maximum Gasteiger partial charge on any atom is 0.262 e. The summed E-state index contributed by atoms with van der Waals surface area (Å²) in [5.41, 5.74) is 4.22. The summed E-state index contributed by atoms with van der Waals surface area (Å²) in [6, 6.07) is 17.0. The van der Waals surface area contributed by atoms with E-state index in [1.54, 1.807) is 31.2 Å². The molecule has 5 nitrogen and oxygen atoms in total. The minimum atomic E-state index is -3.66. The third kappa shape index (κ3) is 4.70. The average Bonchev–Trinajstić information content (AvgIpc) is 2.65. The largest absolute Gasteiger partial charge is 0.340 e. The standard InChI is InChI=1S/C22H25N3O2S/c1-15(2)18-7-9-19(10-8-18)24-22-12-11-20(14-23-22)25-28(26,27)21-13-16(3)5-6-17(21)4/h5-15,25H,1-4H3,(H,23,24). The summed E-state index contributed by atoms with van der Waals surface area (Å²) >= 11 is 0. The van der Waals surface area contributed by atoms with E-state index in [2.05, 4.69) is 41.0 Å². The van der Waals surface area contributed by atoms with Gasteiger partial charge in [-0.1, -0.05) is 38.1 Å². The normalized spacial score (nSPS) is 11.5. The van der Waals surface area contributed by atoms with Crippen LogP contribution in [0.15, 0.2) is 65.7 Å². The smallest absolute Gasteiger partial charge is 0.262 e. The van der Waals surface area contributed by atoms with Crippen LogP contribution in [-0.4, -0.2) is 13.4 Å². The van der Waals surface area contributed by atoms with Crippen LogP contribution in [0.3, 0.4) is 0 Å². The highest BCUT2D eigenvalue weighted by Crippen LogP contribution is 2.23. The Kier molecular flexibility index (Phi) is 5.70. The van der Waals surface area contributed by atoms with Crippen LogP contribution in [0.1, 0.15) is 36.5 Å². The Labute approximate surface area is 166 Å². The highest BCUT2D eigenvalue weighted by Gasteiger charge is 2.17. The number of aryl methyl sites for hydroxylation is 2. The predicted molar refractivity (Wildman–Crippen MR) is 115 cm³/mol. The van der Waals surface area contributed by atoms with Crippen LogP contribution in [0.5, 0.6) is 0 Å². The monoisotopic (exact) mass is 395 g/mol. The molecule has 1 heterocycles. The zero-order chi connectivity index (χ0) is 20.3. The van der Waals surface area contributed by atoms with Gasteiger partial charge in [-0.3, -0.25) is 4.72 Å². The van der Waals surface area contributed by atoms with Gasteiger partial charge in [0.25, 0.3) is 10.0 Å². The molecule has 0 fully saturated rings. The summed E-state index contributed by atoms with van der Waals surface area (Å²) in [6.45, 7) is 7.96. The van der Waals surface area contributed by atoms with Gasteiger partial charge in [-0.25, -0.2) is 13.4 Å². The van der Waals surface area contributed by atoms with Crippen molar-refractivity contribution in [2.45, 2.75) is 38.5 Å². The molecule has 0 aliphatic rings. The number of hydrogen-bond donors (Lipinski definition) is 2. The van der Waals surface area contributed by atoms with Gasteiger partial charge in [-0.15, -0.1) is 0 Å². The van der Waals surface area contributed by atoms with Crippen molar-refractivity contribution in [3.05, 3.63) is 77.5 Å². The van der Waals surface area contributed by atoms with Crippen molar-refractivity contribution in [2.75, 3.05) is 10.0 Å². The second kappa shape index (κ2) is 8.02. The van der Waals surface area contributed by atoms with Gasteiger partial charge in [0.2, 0.25) is 0 Å². The lowest BCUT2D eigenvalue weighted by Gasteiger charge is -2.12. The Morgan fingerprint density at radius 2 is 1.57 bits per heavy atom. The molecule has 0 unspecified atom stereocenters. The molecule has 3 rings (SSSR count). The van der Waals surface area contributed by atoms with Crippen molar-refractivity contribution in [1.29, 1.82) is 0 Å². The average molecular weight is 396 g/mol. The first-order valence-electron chi connectivity index (χ1n) is 9.18. The first-order chi connectivity index (χ1) is 13.2. The molecule has 0 saturated carbocycles. The molecule has 0 atom stereocenters. The molecule has 0 bridgehead atoms. The highest BCUT2D eigenvalue weighted by atomic mass is 32.2. The lowest BCUT2D eigenvalue weighted by Crippen LogP contribution is -2.14. The summed E-state index contributed by atoms with van der Waals surface area (Å²) < 4.78 is 28.0. The molecule has 0 amide bonds. The zero-order valence-corrected chi connectivity index (χ0v) is 17.3. The summed E-state index contributed by atoms with van der Waals surface area (Å²) in [7, 11) is -3.66. The van der Waals surface area contributed by atoms with Gasteiger partial charge in [0.15, 0.2) is 0 Å². The van der Waals surface area contributed by atoms with Crippen LogP contribution in [0.25, 0.3) is 0 Å². The van der Waals surface area contributed by atoms with E-state index in [0.29, 0.717) is 23.0 Å². The van der Waals surface area contributed by atoms with Crippen molar-refractivity contribution in [3.63, 3.8) is 0 Å². The molecule has 6 heteroatoms. The minimum Gasteiger partial charge on any atom is -0.340 e. The summed E-state index contributed by atoms with van der Waals surface area (Å²) in [4.78, 5) is 4.59. The molecule has 28 heavy (non-hydrogen) atoms. The predicted octanol–water partition coefficient (Wildman–Crippen LogP) is 5.37. The van der Waals surface area contributed by atoms with Gasteiger partial charge >= 0.3 is 0 Å².